The molecule has 1 aliphatic heterocycles. The van der Waals surface area contributed by atoms with Gasteiger partial charge < -0.3 is 24.6 Å². The number of ether oxygens (including phenoxy) is 1. The molecule has 7 nitrogen and oxygen atoms in total. The number of carboxylic acid groups (broad SMARTS) is 1. The number of anilines is 1. The molecule has 0 amide bonds. The number of halogens is 3. The van der Waals surface area contributed by atoms with Crippen LogP contribution in [-0.2, 0) is 0 Å². The molecule has 2 heterocycles. The van der Waals surface area contributed by atoms with Gasteiger partial charge in [-0.15, -0.1) is 0 Å². The molecule has 0 spiro atoms. The molecular weight excluding hydrogens is 472 g/mol. The molecular formula is C23H20Cl2FN3O4. The fourth-order valence-electron chi connectivity index (χ4n) is 4.38. The van der Waals surface area contributed by atoms with E-state index < -0.39 is 17.4 Å². The molecule has 1 unspecified atom stereocenters. The quantitative estimate of drug-likeness (QED) is 0.500. The van der Waals surface area contributed by atoms with E-state index in [2.05, 4.69) is 10.1 Å². The number of pyridine rings is 1. The number of carbonyl (C=O) groups is 1. The average molecular weight is 492 g/mol. The van der Waals surface area contributed by atoms with E-state index in [0.717, 1.165) is 18.4 Å². The van der Waals surface area contributed by atoms with Crippen molar-refractivity contribution in [1.29, 1.82) is 0 Å². The highest BCUT2D eigenvalue weighted by Crippen LogP contribution is 2.42. The fourth-order valence-corrected chi connectivity index (χ4v) is 4.81. The lowest BCUT2D eigenvalue weighted by atomic mass is 10.0. The van der Waals surface area contributed by atoms with Crippen molar-refractivity contribution < 1.29 is 19.0 Å². The molecule has 0 bridgehead atoms. The van der Waals surface area contributed by atoms with Crippen LogP contribution >= 0.6 is 23.2 Å². The predicted octanol–water partition coefficient (Wildman–Crippen LogP) is 4.99. The maximum atomic E-state index is 16.0. The first-order chi connectivity index (χ1) is 15.8. The summed E-state index contributed by atoms with van der Waals surface area (Å²) in [6.45, 7) is 1.61. The van der Waals surface area contributed by atoms with Crippen molar-refractivity contribution in [3.8, 4) is 5.75 Å². The van der Waals surface area contributed by atoms with E-state index in [9.17, 15) is 9.59 Å². The number of piperazine rings is 1. The second-order valence-electron chi connectivity index (χ2n) is 8.25. The largest absolute Gasteiger partial charge is 0.511 e. The van der Waals surface area contributed by atoms with Crippen LogP contribution in [0.25, 0.3) is 10.9 Å². The van der Waals surface area contributed by atoms with E-state index in [1.807, 2.05) is 29.2 Å². The number of fused-ring (bicyclic) bond motifs is 1. The normalized spacial score (nSPS) is 18.5. The Morgan fingerprint density at radius 1 is 1.21 bits per heavy atom. The third kappa shape index (κ3) is 4.14. The van der Waals surface area contributed by atoms with Gasteiger partial charge in [-0.2, -0.15) is 0 Å². The topological polar surface area (TPSA) is 83.8 Å². The van der Waals surface area contributed by atoms with E-state index in [1.54, 1.807) is 4.57 Å². The van der Waals surface area contributed by atoms with Crippen molar-refractivity contribution in [2.24, 2.45) is 0 Å². The van der Waals surface area contributed by atoms with Gasteiger partial charge in [-0.1, -0.05) is 35.3 Å². The van der Waals surface area contributed by atoms with Crippen molar-refractivity contribution >= 4 is 45.9 Å². The lowest BCUT2D eigenvalue weighted by Crippen LogP contribution is -2.46. The fraction of sp³-hybridized carbons (Fsp3) is 0.304. The van der Waals surface area contributed by atoms with E-state index in [0.29, 0.717) is 24.7 Å². The summed E-state index contributed by atoms with van der Waals surface area (Å²) in [5, 5.41) is 13.1. The average Bonchev–Trinajstić information content (AvgIpc) is 3.62. The highest BCUT2D eigenvalue weighted by Gasteiger charge is 2.31. The Hall–Kier alpha value is -2.81. The van der Waals surface area contributed by atoms with Crippen LogP contribution < -0.4 is 20.4 Å². The molecule has 0 radical (unpaired) electrons. The number of aromatic nitrogens is 1. The van der Waals surface area contributed by atoms with Gasteiger partial charge in [0.05, 0.1) is 27.8 Å². The molecule has 172 valence electrons. The molecule has 2 aromatic carbocycles. The summed E-state index contributed by atoms with van der Waals surface area (Å²) in [6, 6.07) is 8.80. The molecule has 1 saturated carbocycles. The zero-order valence-corrected chi connectivity index (χ0v) is 18.9. The third-order valence-electron chi connectivity index (χ3n) is 6.05. The zero-order valence-electron chi connectivity index (χ0n) is 17.4. The van der Waals surface area contributed by atoms with E-state index in [1.165, 1.54) is 12.3 Å². The summed E-state index contributed by atoms with van der Waals surface area (Å²) in [7, 11) is 0. The minimum atomic E-state index is -1.61. The number of rotatable bonds is 4. The Morgan fingerprint density at radius 2 is 1.94 bits per heavy atom. The van der Waals surface area contributed by atoms with Crippen LogP contribution in [0.2, 0.25) is 10.0 Å². The number of hydrogen-bond donors (Lipinski definition) is 2. The van der Waals surface area contributed by atoms with Crippen molar-refractivity contribution in [1.82, 2.24) is 9.88 Å². The van der Waals surface area contributed by atoms with Crippen LogP contribution in [0.4, 0.5) is 14.9 Å². The highest BCUT2D eigenvalue weighted by atomic mass is 35.5. The lowest BCUT2D eigenvalue weighted by Gasteiger charge is -2.36. The molecule has 1 atom stereocenters. The summed E-state index contributed by atoms with van der Waals surface area (Å²) in [6.07, 6.45) is 1.28. The van der Waals surface area contributed by atoms with E-state index in [4.69, 9.17) is 28.3 Å². The summed E-state index contributed by atoms with van der Waals surface area (Å²) in [5.41, 5.74) is 0.648. The Balaban J connectivity index is 1.60. The SMILES string of the molecule is O=C(O)Oc1cn(C2CC2)c2c(F)c(N3CCNC(c4ccc(Cl)cc4)C3)c(Cl)cc2c1=O. The summed E-state index contributed by atoms with van der Waals surface area (Å²) >= 11 is 12.5. The predicted molar refractivity (Wildman–Crippen MR) is 125 cm³/mol. The van der Waals surface area contributed by atoms with Crippen LogP contribution in [0.15, 0.2) is 41.3 Å². The second kappa shape index (κ2) is 8.52. The van der Waals surface area contributed by atoms with Gasteiger partial charge in [-0.3, -0.25) is 4.79 Å². The molecule has 5 rings (SSSR count). The van der Waals surface area contributed by atoms with Gasteiger partial charge >= 0.3 is 6.16 Å². The summed E-state index contributed by atoms with van der Waals surface area (Å²) < 4.78 is 22.3. The van der Waals surface area contributed by atoms with Crippen LogP contribution in [0.3, 0.4) is 0 Å². The van der Waals surface area contributed by atoms with Gasteiger partial charge in [0.2, 0.25) is 5.43 Å². The molecule has 3 aromatic rings. The first kappa shape index (κ1) is 22.0. The number of nitrogens with zero attached hydrogens (tertiary/aromatic N) is 2. The van der Waals surface area contributed by atoms with Gasteiger partial charge in [0.1, 0.15) is 0 Å². The smallest absolute Gasteiger partial charge is 0.449 e. The number of nitrogens with one attached hydrogen (secondary N) is 1. The second-order valence-corrected chi connectivity index (χ2v) is 9.09. The molecule has 2 fully saturated rings. The van der Waals surface area contributed by atoms with Crippen LogP contribution in [-0.4, -0.2) is 35.5 Å². The van der Waals surface area contributed by atoms with Gasteiger partial charge in [0.15, 0.2) is 11.6 Å². The monoisotopic (exact) mass is 491 g/mol. The van der Waals surface area contributed by atoms with Crippen LogP contribution in [0.1, 0.15) is 30.5 Å². The van der Waals surface area contributed by atoms with E-state index >= 15 is 4.39 Å². The maximum Gasteiger partial charge on any atom is 0.511 e. The minimum absolute atomic E-state index is 0.00344. The standard InChI is InChI=1S/C23H20Cl2FN3O4/c24-13-3-1-12(2-4-13)17-10-28(8-7-27-17)21-16(25)9-15-20(19(21)26)29(14-5-6-14)11-18(22(15)30)33-23(31)32/h1-4,9,11,14,17,27H,5-8,10H2,(H,31,32). The number of benzene rings is 2. The maximum absolute atomic E-state index is 16.0. The van der Waals surface area contributed by atoms with Crippen molar-refractivity contribution in [2.45, 2.75) is 24.9 Å². The van der Waals surface area contributed by atoms with E-state index in [-0.39, 0.29) is 39.4 Å². The first-order valence-electron chi connectivity index (χ1n) is 10.5. The molecule has 10 heteroatoms. The Bertz CT molecular complexity index is 1310. The highest BCUT2D eigenvalue weighted by molar-refractivity contribution is 6.34. The van der Waals surface area contributed by atoms with Gasteiger partial charge in [0.25, 0.3) is 0 Å². The zero-order chi connectivity index (χ0) is 23.3. The molecule has 33 heavy (non-hydrogen) atoms. The Labute approximate surface area is 198 Å². The lowest BCUT2D eigenvalue weighted by molar-refractivity contribution is 0.143. The molecule has 1 aliphatic carbocycles. The molecule has 2 aliphatic rings. The van der Waals surface area contributed by atoms with Crippen molar-refractivity contribution in [3.05, 3.63) is 68.2 Å². The van der Waals surface area contributed by atoms with Gasteiger partial charge in [-0.05, 0) is 36.6 Å². The molecule has 1 aromatic heterocycles. The van der Waals surface area contributed by atoms with Gasteiger partial charge in [-0.25, -0.2) is 9.18 Å². The van der Waals surface area contributed by atoms with Gasteiger partial charge in [0, 0.05) is 36.7 Å². The summed E-state index contributed by atoms with van der Waals surface area (Å²) in [4.78, 5) is 25.7. The van der Waals surface area contributed by atoms with Crippen molar-refractivity contribution in [3.63, 3.8) is 0 Å². The van der Waals surface area contributed by atoms with Crippen molar-refractivity contribution in [2.75, 3.05) is 24.5 Å². The number of hydrogen-bond acceptors (Lipinski definition) is 5. The summed E-state index contributed by atoms with van der Waals surface area (Å²) in [5.74, 6) is -0.963. The third-order valence-corrected chi connectivity index (χ3v) is 6.59. The minimum Gasteiger partial charge on any atom is -0.449 e. The Morgan fingerprint density at radius 3 is 2.61 bits per heavy atom. The first-order valence-corrected chi connectivity index (χ1v) is 11.3. The Kier molecular flexibility index (Phi) is 5.68. The van der Waals surface area contributed by atoms with Crippen LogP contribution in [0, 0.1) is 5.82 Å². The molecule has 2 N–H and O–H groups in total. The van der Waals surface area contributed by atoms with Crippen LogP contribution in [0.5, 0.6) is 5.75 Å². The molecule has 1 saturated heterocycles.